The summed E-state index contributed by atoms with van der Waals surface area (Å²) in [6, 6.07) is 7.94. The number of benzene rings is 3. The van der Waals surface area contributed by atoms with Crippen LogP contribution in [0.1, 0.15) is 27.0 Å². The van der Waals surface area contributed by atoms with Crippen LogP contribution >= 0.6 is 23.2 Å². The second-order valence-electron chi connectivity index (χ2n) is 8.18. The van der Waals surface area contributed by atoms with Crippen LogP contribution in [0.3, 0.4) is 0 Å². The van der Waals surface area contributed by atoms with Gasteiger partial charge in [-0.2, -0.15) is 0 Å². The highest BCUT2D eigenvalue weighted by atomic mass is 35.5. The van der Waals surface area contributed by atoms with Crippen LogP contribution in [0.25, 0.3) is 33.4 Å². The number of esters is 1. The first kappa shape index (κ1) is 24.6. The molecule has 35 heavy (non-hydrogen) atoms. The smallest absolute Gasteiger partial charge is 0.339 e. The van der Waals surface area contributed by atoms with Gasteiger partial charge >= 0.3 is 5.97 Å². The molecule has 1 N–H and O–H groups in total. The maximum absolute atomic E-state index is 13.0. The molecule has 0 fully saturated rings. The highest BCUT2D eigenvalue weighted by molar-refractivity contribution is 6.42. The molecule has 1 heterocycles. The molecule has 0 radical (unpaired) electrons. The summed E-state index contributed by atoms with van der Waals surface area (Å²) in [7, 11) is 0. The van der Waals surface area contributed by atoms with E-state index in [0.717, 1.165) is 0 Å². The van der Waals surface area contributed by atoms with E-state index in [-0.39, 0.29) is 33.4 Å². The molecule has 0 spiro atoms. The Morgan fingerprint density at radius 1 is 1.03 bits per heavy atom. The summed E-state index contributed by atoms with van der Waals surface area (Å²) in [5.74, 6) is -0.242. The molecule has 0 saturated heterocycles. The minimum atomic E-state index is -0.612. The first-order chi connectivity index (χ1) is 16.7. The van der Waals surface area contributed by atoms with Crippen molar-refractivity contribution in [1.29, 1.82) is 0 Å². The topological polar surface area (TPSA) is 76.7 Å². The largest absolute Gasteiger partial charge is 0.507 e. The molecule has 0 unspecified atom stereocenters. The maximum Gasteiger partial charge on any atom is 0.339 e. The number of hydrogen-bond donors (Lipinski definition) is 1. The van der Waals surface area contributed by atoms with Gasteiger partial charge in [0.25, 0.3) is 0 Å². The second-order valence-corrected chi connectivity index (χ2v) is 8.99. The lowest BCUT2D eigenvalue weighted by Crippen LogP contribution is -2.09. The fourth-order valence-electron chi connectivity index (χ4n) is 4.12. The fraction of sp³-hybridized carbons (Fsp3) is 0.143. The first-order valence-corrected chi connectivity index (χ1v) is 11.5. The summed E-state index contributed by atoms with van der Waals surface area (Å²) in [6.07, 6.45) is 3.44. The molecular formula is C28H22Cl2O5. The van der Waals surface area contributed by atoms with Crippen molar-refractivity contribution < 1.29 is 19.1 Å². The van der Waals surface area contributed by atoms with Gasteiger partial charge in [-0.25, -0.2) is 4.79 Å². The number of hydrogen-bond acceptors (Lipinski definition) is 5. The van der Waals surface area contributed by atoms with Crippen molar-refractivity contribution in [2.45, 2.75) is 20.3 Å². The molecular weight excluding hydrogens is 487 g/mol. The summed E-state index contributed by atoms with van der Waals surface area (Å²) in [6.45, 7) is 10.9. The van der Waals surface area contributed by atoms with Crippen LogP contribution in [-0.4, -0.2) is 17.7 Å². The third-order valence-electron chi connectivity index (χ3n) is 5.80. The van der Waals surface area contributed by atoms with E-state index in [9.17, 15) is 14.7 Å². The monoisotopic (exact) mass is 508 g/mol. The Morgan fingerprint density at radius 3 is 2.43 bits per heavy atom. The molecule has 2 aliphatic rings. The Hall–Kier alpha value is -3.54. The van der Waals surface area contributed by atoms with Crippen LogP contribution in [0.5, 0.6) is 5.75 Å². The van der Waals surface area contributed by atoms with E-state index in [4.69, 9.17) is 32.4 Å². The van der Waals surface area contributed by atoms with E-state index in [2.05, 4.69) is 13.2 Å². The molecule has 0 saturated carbocycles. The van der Waals surface area contributed by atoms with Gasteiger partial charge in [0.05, 0.1) is 15.6 Å². The highest BCUT2D eigenvalue weighted by Gasteiger charge is 2.26. The minimum absolute atomic E-state index is 0.0131. The van der Waals surface area contributed by atoms with Gasteiger partial charge in [0, 0.05) is 28.1 Å². The van der Waals surface area contributed by atoms with Gasteiger partial charge < -0.3 is 14.3 Å². The predicted octanol–water partition coefficient (Wildman–Crippen LogP) is 7.27. The molecule has 2 aromatic carbocycles. The van der Waals surface area contributed by atoms with E-state index in [1.54, 1.807) is 38.1 Å². The lowest BCUT2D eigenvalue weighted by atomic mass is 9.88. The molecule has 4 rings (SSSR count). The Labute approximate surface area is 212 Å². The number of rotatable bonds is 6. The standard InChI is InChI=1S/C28H22Cl2O5/c1-5-7-16-26(32)15(4)10-20-25(19-9-14(3)23(31)13-24(19)35-27(16)20)17-11-21(29)22(30)12-18(17)28(33)34-8-6-2/h5-6,9-13,32H,1-2,7-8H2,3-4H3. The van der Waals surface area contributed by atoms with Crippen molar-refractivity contribution >= 4 is 40.1 Å². The zero-order chi connectivity index (χ0) is 25.4. The molecule has 5 nitrogen and oxygen atoms in total. The van der Waals surface area contributed by atoms with Crippen molar-refractivity contribution in [1.82, 2.24) is 0 Å². The van der Waals surface area contributed by atoms with Gasteiger partial charge in [0.2, 0.25) is 0 Å². The number of aryl methyl sites for hydroxylation is 2. The maximum atomic E-state index is 13.0. The number of carbonyl (C=O) groups is 1. The molecule has 0 amide bonds. The minimum Gasteiger partial charge on any atom is -0.507 e. The number of aromatic hydroxyl groups is 1. The van der Waals surface area contributed by atoms with Gasteiger partial charge in [-0.15, -0.1) is 6.58 Å². The van der Waals surface area contributed by atoms with E-state index in [1.807, 2.05) is 0 Å². The van der Waals surface area contributed by atoms with Crippen molar-refractivity contribution in [3.05, 3.63) is 98.2 Å². The van der Waals surface area contributed by atoms with Crippen molar-refractivity contribution in [3.63, 3.8) is 0 Å². The van der Waals surface area contributed by atoms with Crippen LogP contribution in [0, 0.1) is 13.8 Å². The zero-order valence-electron chi connectivity index (χ0n) is 19.2. The molecule has 0 bridgehead atoms. The quantitative estimate of drug-likeness (QED) is 0.168. The van der Waals surface area contributed by atoms with Crippen LogP contribution in [0.4, 0.5) is 0 Å². The van der Waals surface area contributed by atoms with E-state index in [0.29, 0.717) is 56.5 Å². The first-order valence-electron chi connectivity index (χ1n) is 10.8. The molecule has 1 aliphatic carbocycles. The molecule has 2 aromatic rings. The van der Waals surface area contributed by atoms with E-state index in [1.165, 1.54) is 18.2 Å². The number of phenolic OH excluding ortho intramolecular Hbond substituents is 1. The average molecular weight is 509 g/mol. The van der Waals surface area contributed by atoms with Crippen molar-refractivity contribution in [3.8, 4) is 28.2 Å². The van der Waals surface area contributed by atoms with Crippen LogP contribution < -0.4 is 5.43 Å². The van der Waals surface area contributed by atoms with Crippen molar-refractivity contribution in [2.24, 2.45) is 0 Å². The summed E-state index contributed by atoms with van der Waals surface area (Å²) < 4.78 is 11.5. The predicted molar refractivity (Wildman–Crippen MR) is 140 cm³/mol. The lowest BCUT2D eigenvalue weighted by Gasteiger charge is -2.20. The number of halogens is 2. The van der Waals surface area contributed by atoms with Gasteiger partial charge in [0.1, 0.15) is 23.7 Å². The summed E-state index contributed by atoms with van der Waals surface area (Å²) in [4.78, 5) is 25.5. The SMILES string of the molecule is C=CCOC(=O)c1cc(Cl)c(Cl)cc1-c1c2cc(C)c(=O)cc-2oc2c(CC=C)c(O)c(C)cc12. The molecule has 0 aromatic heterocycles. The number of fused-ring (bicyclic) bond motifs is 2. The van der Waals surface area contributed by atoms with Crippen LogP contribution in [0.15, 0.2) is 64.9 Å². The highest BCUT2D eigenvalue weighted by Crippen LogP contribution is 2.46. The zero-order valence-corrected chi connectivity index (χ0v) is 20.7. The molecule has 0 atom stereocenters. The number of phenols is 1. The third kappa shape index (κ3) is 4.33. The number of allylic oxidation sites excluding steroid dienone is 1. The Balaban J connectivity index is 2.24. The summed E-state index contributed by atoms with van der Waals surface area (Å²) in [5, 5.41) is 11.8. The van der Waals surface area contributed by atoms with Gasteiger partial charge in [-0.1, -0.05) is 41.9 Å². The lowest BCUT2D eigenvalue weighted by molar-refractivity contribution is 0.0550. The van der Waals surface area contributed by atoms with Gasteiger partial charge in [0.15, 0.2) is 5.43 Å². The molecule has 178 valence electrons. The third-order valence-corrected chi connectivity index (χ3v) is 6.52. The number of carbonyl (C=O) groups excluding carboxylic acids is 1. The summed E-state index contributed by atoms with van der Waals surface area (Å²) in [5.41, 5.74) is 3.64. The van der Waals surface area contributed by atoms with Gasteiger partial charge in [-0.05, 0) is 61.2 Å². The molecule has 7 heteroatoms. The fourth-order valence-corrected chi connectivity index (χ4v) is 4.45. The van der Waals surface area contributed by atoms with E-state index >= 15 is 0 Å². The normalized spacial score (nSPS) is 11.1. The second kappa shape index (κ2) is 9.61. The van der Waals surface area contributed by atoms with Crippen LogP contribution in [-0.2, 0) is 11.2 Å². The van der Waals surface area contributed by atoms with Gasteiger partial charge in [-0.3, -0.25) is 4.79 Å². The Morgan fingerprint density at radius 2 is 1.74 bits per heavy atom. The Bertz CT molecular complexity index is 1550. The van der Waals surface area contributed by atoms with E-state index < -0.39 is 5.97 Å². The van der Waals surface area contributed by atoms with Crippen LogP contribution in [0.2, 0.25) is 10.0 Å². The number of ether oxygens (including phenoxy) is 1. The Kier molecular flexibility index (Phi) is 6.75. The van der Waals surface area contributed by atoms with Crippen molar-refractivity contribution in [2.75, 3.05) is 6.61 Å². The summed E-state index contributed by atoms with van der Waals surface area (Å²) >= 11 is 12.7. The average Bonchev–Trinajstić information content (AvgIpc) is 2.82. The molecule has 1 aliphatic heterocycles.